The minimum Gasteiger partial charge on any atom is -0.481 e. The van der Waals surface area contributed by atoms with Crippen LogP contribution in [0.15, 0.2) is 0 Å². The van der Waals surface area contributed by atoms with Gasteiger partial charge in [0.1, 0.15) is 0 Å². The number of fused-ring (bicyclic) bond motifs is 5. The summed E-state index contributed by atoms with van der Waals surface area (Å²) in [4.78, 5) is 13.1. The Morgan fingerprint density at radius 2 is 1.33 bits per heavy atom. The lowest BCUT2D eigenvalue weighted by Crippen LogP contribution is -2.59. The summed E-state index contributed by atoms with van der Waals surface area (Å²) in [7, 11) is 0. The normalized spacial score (nSPS) is 36.1. The molecule has 4 rings (SSSR count). The van der Waals surface area contributed by atoms with Gasteiger partial charge in [-0.3, -0.25) is 4.79 Å². The van der Waals surface area contributed by atoms with E-state index in [4.69, 9.17) is 0 Å². The predicted octanol–water partition coefficient (Wildman–Crippen LogP) is 12.2. The van der Waals surface area contributed by atoms with Gasteiger partial charge < -0.3 is 15.3 Å². The maximum atomic E-state index is 13.1. The average Bonchev–Trinajstić information content (AvgIpc) is 3.41. The van der Waals surface area contributed by atoms with Crippen molar-refractivity contribution in [3.63, 3.8) is 0 Å². The minimum absolute atomic E-state index is 0.0358. The van der Waals surface area contributed by atoms with E-state index in [1.165, 1.54) is 103 Å². The topological polar surface area (TPSA) is 77.8 Å². The first-order chi connectivity index (χ1) is 23.4. The van der Waals surface area contributed by atoms with Gasteiger partial charge in [0, 0.05) is 0 Å². The second-order valence-corrected chi connectivity index (χ2v) is 19.3. The number of aliphatic hydroxyl groups is 2. The van der Waals surface area contributed by atoms with Crippen LogP contribution in [0.5, 0.6) is 0 Å². The van der Waals surface area contributed by atoms with Crippen molar-refractivity contribution in [2.75, 3.05) is 0 Å². The molecule has 0 aromatic rings. The Kier molecular flexibility index (Phi) is 16.3. The smallest absolute Gasteiger partial charge is 0.306 e. The molecule has 0 aliphatic heterocycles. The molecule has 0 aromatic heterocycles. The minimum atomic E-state index is -0.605. The van der Waals surface area contributed by atoms with Gasteiger partial charge >= 0.3 is 5.97 Å². The van der Waals surface area contributed by atoms with Gasteiger partial charge in [-0.2, -0.15) is 0 Å². The molecule has 4 nitrogen and oxygen atoms in total. The molecule has 4 fully saturated rings. The van der Waals surface area contributed by atoms with Crippen molar-refractivity contribution in [1.82, 2.24) is 0 Å². The summed E-state index contributed by atoms with van der Waals surface area (Å²) in [6, 6.07) is 0. The van der Waals surface area contributed by atoms with Crippen molar-refractivity contribution < 1.29 is 20.1 Å². The second kappa shape index (κ2) is 19.5. The van der Waals surface area contributed by atoms with Gasteiger partial charge in [0.25, 0.3) is 0 Å². The zero-order chi connectivity index (χ0) is 35.6. The van der Waals surface area contributed by atoms with Crippen LogP contribution in [0.2, 0.25) is 0 Å². The van der Waals surface area contributed by atoms with Gasteiger partial charge in [-0.05, 0) is 129 Å². The monoisotopic (exact) mass is 687 g/mol. The van der Waals surface area contributed by atoms with Gasteiger partial charge in [-0.1, -0.05) is 131 Å². The lowest BCUT2D eigenvalue weighted by Gasteiger charge is -2.64. The molecular weight excluding hydrogens is 604 g/mol. The van der Waals surface area contributed by atoms with Crippen LogP contribution in [0.3, 0.4) is 0 Å². The van der Waals surface area contributed by atoms with Gasteiger partial charge in [0.05, 0.1) is 18.1 Å². The van der Waals surface area contributed by atoms with Crippen molar-refractivity contribution in [1.29, 1.82) is 0 Å². The highest BCUT2D eigenvalue weighted by Crippen LogP contribution is 2.70. The molecule has 3 unspecified atom stereocenters. The molecule has 4 aliphatic rings. The third-order valence-corrected chi connectivity index (χ3v) is 15.8. The van der Waals surface area contributed by atoms with Crippen LogP contribution in [0.1, 0.15) is 202 Å². The fourth-order valence-corrected chi connectivity index (χ4v) is 13.1. The zero-order valence-electron chi connectivity index (χ0n) is 33.3. The molecule has 4 saturated carbocycles. The molecule has 12 atom stereocenters. The maximum Gasteiger partial charge on any atom is 0.306 e. The number of carboxylic acid groups (broad SMARTS) is 1. The van der Waals surface area contributed by atoms with E-state index in [0.29, 0.717) is 23.7 Å². The molecule has 0 heterocycles. The summed E-state index contributed by atoms with van der Waals surface area (Å²) in [6.45, 7) is 14.7. The summed E-state index contributed by atoms with van der Waals surface area (Å²) in [6.07, 6.45) is 28.7. The van der Waals surface area contributed by atoms with E-state index in [-0.39, 0.29) is 29.5 Å². The standard InChI is InChI=1S/C45H82O4/c1-7-8-9-15-21-35(46)22-16-13-11-10-12-14-17-23-38(43(48)49)42-31-36(47)30-34-24-25-37-40-27-26-39(33(4)20-18-19-32(2)3)44(40,5)29-28-41(37)45(34,42)6/h32-42,46-47H,7-31H2,1-6H3,(H,48,49)/t33-,34-,35?,36+,37-,38?,39-,40+,41+,42?,44-,45+/m1/s1. The van der Waals surface area contributed by atoms with Crippen molar-refractivity contribution in [3.05, 3.63) is 0 Å². The largest absolute Gasteiger partial charge is 0.481 e. The highest BCUT2D eigenvalue weighted by atomic mass is 16.4. The van der Waals surface area contributed by atoms with Crippen LogP contribution in [0, 0.1) is 64.1 Å². The van der Waals surface area contributed by atoms with E-state index in [2.05, 4.69) is 41.5 Å². The van der Waals surface area contributed by atoms with Crippen molar-refractivity contribution in [3.8, 4) is 0 Å². The van der Waals surface area contributed by atoms with Crippen LogP contribution >= 0.6 is 0 Å². The SMILES string of the molecule is CCCCCCC(O)CCCCCCCCCC(C(=O)O)C1C[C@@H](O)C[C@H]2CC[C@@H]3[C@@H]4CC[C@H]([C@H](C)CCCC(C)C)[C@@]4(C)CC[C@@H]3[C@@]12C. The molecule has 0 radical (unpaired) electrons. The Morgan fingerprint density at radius 1 is 0.694 bits per heavy atom. The number of hydrogen-bond donors (Lipinski definition) is 3. The third kappa shape index (κ3) is 10.3. The number of aliphatic carboxylic acids is 1. The zero-order valence-corrected chi connectivity index (χ0v) is 33.3. The van der Waals surface area contributed by atoms with Crippen LogP contribution in [-0.4, -0.2) is 33.5 Å². The van der Waals surface area contributed by atoms with Crippen LogP contribution in [0.25, 0.3) is 0 Å². The average molecular weight is 687 g/mol. The van der Waals surface area contributed by atoms with Gasteiger partial charge in [0.15, 0.2) is 0 Å². The molecular formula is C45H82O4. The van der Waals surface area contributed by atoms with E-state index in [9.17, 15) is 20.1 Å². The summed E-state index contributed by atoms with van der Waals surface area (Å²) in [5, 5.41) is 32.1. The Morgan fingerprint density at radius 3 is 1.96 bits per heavy atom. The molecule has 0 bridgehead atoms. The number of rotatable bonds is 22. The quantitative estimate of drug-likeness (QED) is 0.0991. The highest BCUT2D eigenvalue weighted by molar-refractivity contribution is 5.70. The van der Waals surface area contributed by atoms with Crippen LogP contribution in [0.4, 0.5) is 0 Å². The molecule has 4 heteroatoms. The van der Waals surface area contributed by atoms with E-state index >= 15 is 0 Å². The summed E-state index contributed by atoms with van der Waals surface area (Å²) in [5.74, 6) is 4.24. The summed E-state index contributed by atoms with van der Waals surface area (Å²) < 4.78 is 0. The van der Waals surface area contributed by atoms with Crippen molar-refractivity contribution in [2.24, 2.45) is 64.1 Å². The number of hydrogen-bond acceptors (Lipinski definition) is 3. The first kappa shape index (κ1) is 41.2. The van der Waals surface area contributed by atoms with Crippen molar-refractivity contribution >= 4 is 5.97 Å². The van der Waals surface area contributed by atoms with Gasteiger partial charge in [-0.15, -0.1) is 0 Å². The van der Waals surface area contributed by atoms with E-state index in [1.807, 2.05) is 0 Å². The molecule has 0 amide bonds. The fourth-order valence-electron chi connectivity index (χ4n) is 13.1. The van der Waals surface area contributed by atoms with Crippen LogP contribution < -0.4 is 0 Å². The number of unbranched alkanes of at least 4 members (excludes halogenated alkanes) is 9. The van der Waals surface area contributed by atoms with E-state index in [1.54, 1.807) is 0 Å². The molecule has 49 heavy (non-hydrogen) atoms. The molecule has 4 aliphatic carbocycles. The molecule has 286 valence electrons. The predicted molar refractivity (Wildman–Crippen MR) is 205 cm³/mol. The highest BCUT2D eigenvalue weighted by Gasteiger charge is 2.63. The Hall–Kier alpha value is -0.610. The Labute approximate surface area is 303 Å². The third-order valence-electron chi connectivity index (χ3n) is 15.8. The second-order valence-electron chi connectivity index (χ2n) is 19.3. The number of aliphatic hydroxyl groups excluding tert-OH is 2. The number of carbonyl (C=O) groups is 1. The van der Waals surface area contributed by atoms with Crippen molar-refractivity contribution in [2.45, 2.75) is 214 Å². The molecule has 3 N–H and O–H groups in total. The molecule has 0 aromatic carbocycles. The maximum absolute atomic E-state index is 13.1. The number of carboxylic acids is 1. The Balaban J connectivity index is 1.30. The summed E-state index contributed by atoms with van der Waals surface area (Å²) in [5.41, 5.74) is 0.486. The first-order valence-electron chi connectivity index (χ1n) is 22.0. The first-order valence-corrected chi connectivity index (χ1v) is 22.0. The van der Waals surface area contributed by atoms with Crippen LogP contribution in [-0.2, 0) is 4.79 Å². The van der Waals surface area contributed by atoms with Gasteiger partial charge in [-0.25, -0.2) is 0 Å². The lowest BCUT2D eigenvalue weighted by molar-refractivity contribution is -0.180. The van der Waals surface area contributed by atoms with E-state index in [0.717, 1.165) is 81.0 Å². The fraction of sp³-hybridized carbons (Fsp3) is 0.978. The molecule has 0 spiro atoms. The Bertz CT molecular complexity index is 964. The molecule has 0 saturated heterocycles. The summed E-state index contributed by atoms with van der Waals surface area (Å²) >= 11 is 0. The van der Waals surface area contributed by atoms with Gasteiger partial charge in [0.2, 0.25) is 0 Å². The van der Waals surface area contributed by atoms with E-state index < -0.39 is 5.97 Å². The lowest BCUT2D eigenvalue weighted by atomic mass is 9.41.